The van der Waals surface area contributed by atoms with Crippen molar-refractivity contribution in [3.8, 4) is 0 Å². The van der Waals surface area contributed by atoms with E-state index in [4.69, 9.17) is 5.11 Å². The number of hydrogen-bond acceptors (Lipinski definition) is 4. The zero-order valence-corrected chi connectivity index (χ0v) is 10.6. The van der Waals surface area contributed by atoms with Gasteiger partial charge in [0.15, 0.2) is 0 Å². The third-order valence-electron chi connectivity index (χ3n) is 4.05. The Bertz CT molecular complexity index is 264. The lowest BCUT2D eigenvalue weighted by Crippen LogP contribution is -2.56. The van der Waals surface area contributed by atoms with Gasteiger partial charge in [0.2, 0.25) is 0 Å². The largest absolute Gasteiger partial charge is 0.481 e. The minimum absolute atomic E-state index is 0.210. The molecular weight excluding hydrogens is 218 g/mol. The molecule has 5 heteroatoms. The minimum atomic E-state index is -0.658. The first-order valence-corrected chi connectivity index (χ1v) is 6.60. The van der Waals surface area contributed by atoms with Gasteiger partial charge in [-0.2, -0.15) is 0 Å². The second-order valence-electron chi connectivity index (χ2n) is 5.05. The molecule has 2 atom stereocenters. The summed E-state index contributed by atoms with van der Waals surface area (Å²) in [4.78, 5) is 15.9. The Morgan fingerprint density at radius 3 is 2.59 bits per heavy atom. The third-order valence-corrected chi connectivity index (χ3v) is 4.05. The molecule has 2 heterocycles. The molecule has 0 aromatic rings. The summed E-state index contributed by atoms with van der Waals surface area (Å²) < 4.78 is 0. The van der Waals surface area contributed by atoms with Gasteiger partial charge in [-0.15, -0.1) is 0 Å². The molecule has 0 spiro atoms. The van der Waals surface area contributed by atoms with E-state index in [0.717, 1.165) is 45.7 Å². The van der Waals surface area contributed by atoms with Crippen molar-refractivity contribution in [2.45, 2.75) is 19.4 Å². The number of rotatable bonds is 3. The van der Waals surface area contributed by atoms with E-state index in [1.165, 1.54) is 0 Å². The second-order valence-corrected chi connectivity index (χ2v) is 5.05. The molecule has 0 unspecified atom stereocenters. The van der Waals surface area contributed by atoms with Crippen LogP contribution in [0.25, 0.3) is 0 Å². The Kier molecular flexibility index (Phi) is 4.36. The molecular formula is C12H23N3O2. The number of hydrogen-bond donors (Lipinski definition) is 2. The average Bonchev–Trinajstić information content (AvgIpc) is 2.39. The molecule has 0 radical (unpaired) electrons. The summed E-state index contributed by atoms with van der Waals surface area (Å²) in [5.41, 5.74) is 0. The number of carboxylic acid groups (broad SMARTS) is 1. The normalized spacial score (nSPS) is 32.5. The van der Waals surface area contributed by atoms with Gasteiger partial charge in [-0.05, 0) is 13.0 Å². The quantitative estimate of drug-likeness (QED) is 0.710. The molecule has 2 aliphatic rings. The minimum Gasteiger partial charge on any atom is -0.481 e. The summed E-state index contributed by atoms with van der Waals surface area (Å²) in [6.45, 7) is 9.26. The molecule has 0 bridgehead atoms. The van der Waals surface area contributed by atoms with E-state index in [2.05, 4.69) is 22.0 Å². The fourth-order valence-corrected chi connectivity index (χ4v) is 2.83. The summed E-state index contributed by atoms with van der Waals surface area (Å²) in [6, 6.07) is 0.406. The van der Waals surface area contributed by atoms with E-state index in [1.54, 1.807) is 0 Å². The van der Waals surface area contributed by atoms with Crippen molar-refractivity contribution in [1.29, 1.82) is 0 Å². The van der Waals surface area contributed by atoms with Crippen LogP contribution in [0, 0.1) is 5.92 Å². The first-order valence-electron chi connectivity index (χ1n) is 6.60. The van der Waals surface area contributed by atoms with Gasteiger partial charge in [0, 0.05) is 45.3 Å². The molecule has 5 nitrogen and oxygen atoms in total. The number of piperazine rings is 1. The maximum atomic E-state index is 11.0. The topological polar surface area (TPSA) is 55.8 Å². The van der Waals surface area contributed by atoms with Crippen LogP contribution in [0.4, 0.5) is 0 Å². The lowest BCUT2D eigenvalue weighted by molar-refractivity contribution is -0.143. The highest BCUT2D eigenvalue weighted by molar-refractivity contribution is 5.70. The maximum absolute atomic E-state index is 11.0. The molecule has 0 amide bonds. The molecule has 2 rings (SSSR count). The predicted molar refractivity (Wildman–Crippen MR) is 66.1 cm³/mol. The fraction of sp³-hybridized carbons (Fsp3) is 0.917. The number of aliphatic carboxylic acids is 1. The van der Waals surface area contributed by atoms with Crippen LogP contribution < -0.4 is 5.32 Å². The van der Waals surface area contributed by atoms with Crippen molar-refractivity contribution in [3.63, 3.8) is 0 Å². The molecule has 2 fully saturated rings. The van der Waals surface area contributed by atoms with Crippen LogP contribution in [-0.4, -0.2) is 72.7 Å². The summed E-state index contributed by atoms with van der Waals surface area (Å²) in [5, 5.41) is 12.3. The van der Waals surface area contributed by atoms with Gasteiger partial charge in [0.05, 0.1) is 5.92 Å². The fourth-order valence-electron chi connectivity index (χ4n) is 2.83. The summed E-state index contributed by atoms with van der Waals surface area (Å²) >= 11 is 0. The maximum Gasteiger partial charge on any atom is 0.307 e. The van der Waals surface area contributed by atoms with Crippen LogP contribution in [0.15, 0.2) is 0 Å². The first kappa shape index (κ1) is 12.8. The zero-order valence-electron chi connectivity index (χ0n) is 10.6. The van der Waals surface area contributed by atoms with Gasteiger partial charge < -0.3 is 15.3 Å². The predicted octanol–water partition coefficient (Wildman–Crippen LogP) is -0.313. The highest BCUT2D eigenvalue weighted by Gasteiger charge is 2.31. The molecule has 0 aromatic carbocycles. The van der Waals surface area contributed by atoms with Crippen molar-refractivity contribution >= 4 is 5.97 Å². The van der Waals surface area contributed by atoms with Crippen molar-refractivity contribution in [2.24, 2.45) is 5.92 Å². The van der Waals surface area contributed by atoms with Crippen LogP contribution in [-0.2, 0) is 4.79 Å². The van der Waals surface area contributed by atoms with Gasteiger partial charge in [-0.25, -0.2) is 0 Å². The van der Waals surface area contributed by atoms with Gasteiger partial charge >= 0.3 is 5.97 Å². The Balaban J connectivity index is 1.84. The number of likely N-dealkylation sites (N-methyl/N-ethyl adjacent to an activating group) is 1. The Morgan fingerprint density at radius 2 is 2.00 bits per heavy atom. The molecule has 0 saturated carbocycles. The lowest BCUT2D eigenvalue weighted by Gasteiger charge is -2.41. The summed E-state index contributed by atoms with van der Waals surface area (Å²) in [6.07, 6.45) is 0.800. The van der Waals surface area contributed by atoms with Gasteiger partial charge in [-0.3, -0.25) is 9.69 Å². The highest BCUT2D eigenvalue weighted by Crippen LogP contribution is 2.17. The number of carbonyl (C=O) groups is 1. The Hall–Kier alpha value is -0.650. The molecule has 2 aliphatic heterocycles. The third kappa shape index (κ3) is 3.18. The smallest absolute Gasteiger partial charge is 0.307 e. The van der Waals surface area contributed by atoms with Crippen molar-refractivity contribution in [2.75, 3.05) is 45.8 Å². The molecule has 98 valence electrons. The summed E-state index contributed by atoms with van der Waals surface area (Å²) in [7, 11) is 0. The molecule has 0 aliphatic carbocycles. The molecule has 2 N–H and O–H groups in total. The van der Waals surface area contributed by atoms with E-state index >= 15 is 0 Å². The second kappa shape index (κ2) is 5.80. The Morgan fingerprint density at radius 1 is 1.29 bits per heavy atom. The van der Waals surface area contributed by atoms with Crippen LogP contribution in [0.2, 0.25) is 0 Å². The number of piperidine rings is 1. The van der Waals surface area contributed by atoms with E-state index in [-0.39, 0.29) is 5.92 Å². The van der Waals surface area contributed by atoms with E-state index in [1.807, 2.05) is 0 Å². The number of carboxylic acids is 1. The van der Waals surface area contributed by atoms with Gasteiger partial charge in [0.25, 0.3) is 0 Å². The standard InChI is InChI=1S/C12H23N3O2/c1-2-14-3-5-15(6-4-14)11-7-10(12(16)17)8-13-9-11/h10-11,13H,2-9H2,1H3,(H,16,17)/t10-,11-/m0/s1. The highest BCUT2D eigenvalue weighted by atomic mass is 16.4. The SMILES string of the molecule is CCN1CCN([C@@H]2CNC[C@@H](C(=O)O)C2)CC1. The van der Waals surface area contributed by atoms with Gasteiger partial charge in [-0.1, -0.05) is 6.92 Å². The van der Waals surface area contributed by atoms with Crippen LogP contribution >= 0.6 is 0 Å². The van der Waals surface area contributed by atoms with E-state index in [0.29, 0.717) is 12.6 Å². The van der Waals surface area contributed by atoms with Crippen molar-refractivity contribution in [1.82, 2.24) is 15.1 Å². The zero-order chi connectivity index (χ0) is 12.3. The summed E-state index contributed by atoms with van der Waals surface area (Å²) in [5.74, 6) is -0.868. The Labute approximate surface area is 103 Å². The first-order chi connectivity index (χ1) is 8.20. The average molecular weight is 241 g/mol. The molecule has 0 aromatic heterocycles. The van der Waals surface area contributed by atoms with Crippen LogP contribution in [0.1, 0.15) is 13.3 Å². The van der Waals surface area contributed by atoms with E-state index in [9.17, 15) is 4.79 Å². The molecule has 2 saturated heterocycles. The molecule has 17 heavy (non-hydrogen) atoms. The monoisotopic (exact) mass is 241 g/mol. The van der Waals surface area contributed by atoms with Crippen molar-refractivity contribution < 1.29 is 9.90 Å². The number of nitrogens with zero attached hydrogens (tertiary/aromatic N) is 2. The van der Waals surface area contributed by atoms with Crippen molar-refractivity contribution in [3.05, 3.63) is 0 Å². The lowest BCUT2D eigenvalue weighted by atomic mass is 9.94. The van der Waals surface area contributed by atoms with E-state index < -0.39 is 5.97 Å². The number of nitrogens with one attached hydrogen (secondary N) is 1. The van der Waals surface area contributed by atoms with Gasteiger partial charge in [0.1, 0.15) is 0 Å². The van der Waals surface area contributed by atoms with Crippen LogP contribution in [0.3, 0.4) is 0 Å². The van der Waals surface area contributed by atoms with Crippen LogP contribution in [0.5, 0.6) is 0 Å².